The quantitative estimate of drug-likeness (QED) is 0.792. The Labute approximate surface area is 158 Å². The first-order valence-corrected chi connectivity index (χ1v) is 8.35. The highest BCUT2D eigenvalue weighted by Crippen LogP contribution is 2.19. The zero-order valence-electron chi connectivity index (χ0n) is 15.9. The molecule has 2 rings (SSSR count). The Bertz CT molecular complexity index is 831. The van der Waals surface area contributed by atoms with Crippen molar-refractivity contribution in [2.45, 2.75) is 6.92 Å². The predicted octanol–water partition coefficient (Wildman–Crippen LogP) is 2.53. The maximum atomic E-state index is 12.4. The van der Waals surface area contributed by atoms with Gasteiger partial charge < -0.3 is 19.9 Å². The number of esters is 1. The van der Waals surface area contributed by atoms with Crippen LogP contribution in [0.5, 0.6) is 0 Å². The molecule has 0 saturated heterocycles. The van der Waals surface area contributed by atoms with E-state index in [0.29, 0.717) is 16.9 Å². The van der Waals surface area contributed by atoms with Gasteiger partial charge in [-0.1, -0.05) is 6.07 Å². The molecule has 0 fully saturated rings. The lowest BCUT2D eigenvalue weighted by Crippen LogP contribution is -2.36. The molecule has 7 heteroatoms. The molecule has 2 aromatic carbocycles. The van der Waals surface area contributed by atoms with Gasteiger partial charge in [0.05, 0.1) is 12.7 Å². The van der Waals surface area contributed by atoms with Gasteiger partial charge in [-0.05, 0) is 42.5 Å². The Kier molecular flexibility index (Phi) is 6.54. The Morgan fingerprint density at radius 3 is 2.22 bits per heavy atom. The fourth-order valence-corrected chi connectivity index (χ4v) is 2.49. The number of hydrogen-bond acceptors (Lipinski definition) is 5. The number of benzene rings is 2. The van der Waals surface area contributed by atoms with Crippen molar-refractivity contribution in [3.63, 3.8) is 0 Å². The summed E-state index contributed by atoms with van der Waals surface area (Å²) in [7, 11) is 5.15. The van der Waals surface area contributed by atoms with Crippen LogP contribution < -0.4 is 15.1 Å². The molecule has 0 heterocycles. The number of hydrogen-bond donors (Lipinski definition) is 1. The summed E-state index contributed by atoms with van der Waals surface area (Å²) in [4.78, 5) is 39.4. The highest BCUT2D eigenvalue weighted by molar-refractivity contribution is 6.02. The molecule has 0 saturated carbocycles. The lowest BCUT2D eigenvalue weighted by Gasteiger charge is -2.21. The van der Waals surface area contributed by atoms with Crippen molar-refractivity contribution in [3.8, 4) is 0 Å². The number of anilines is 3. The number of carbonyl (C=O) groups excluding carboxylic acids is 3. The second kappa shape index (κ2) is 8.84. The highest BCUT2D eigenvalue weighted by atomic mass is 16.5. The molecular formula is C20H23N3O4. The first kappa shape index (κ1) is 20.0. The van der Waals surface area contributed by atoms with Gasteiger partial charge in [-0.3, -0.25) is 9.59 Å². The fraction of sp³-hybridized carbons (Fsp3) is 0.250. The van der Waals surface area contributed by atoms with Crippen LogP contribution in [0.4, 0.5) is 17.1 Å². The van der Waals surface area contributed by atoms with E-state index in [1.807, 2.05) is 31.1 Å². The third kappa shape index (κ3) is 5.31. The summed E-state index contributed by atoms with van der Waals surface area (Å²) in [6.45, 7) is 1.19. The van der Waals surface area contributed by atoms with E-state index in [2.05, 4.69) is 5.32 Å². The molecule has 7 nitrogen and oxygen atoms in total. The standard InChI is InChI=1S/C20H23N3O4/c1-14(24)23(18-7-5-6-15(12-18)20(26)27-4)13-19(25)21-16-8-10-17(11-9-16)22(2)3/h5-12H,13H2,1-4H3,(H,21,25). The highest BCUT2D eigenvalue weighted by Gasteiger charge is 2.17. The van der Waals surface area contributed by atoms with Gasteiger partial charge in [0.15, 0.2) is 0 Å². The predicted molar refractivity (Wildman–Crippen MR) is 105 cm³/mol. The van der Waals surface area contributed by atoms with Crippen LogP contribution in [0, 0.1) is 0 Å². The molecule has 1 N–H and O–H groups in total. The number of nitrogens with one attached hydrogen (secondary N) is 1. The van der Waals surface area contributed by atoms with E-state index >= 15 is 0 Å². The normalized spacial score (nSPS) is 10.1. The number of ether oxygens (including phenoxy) is 1. The molecule has 2 amide bonds. The summed E-state index contributed by atoms with van der Waals surface area (Å²) in [6.07, 6.45) is 0. The van der Waals surface area contributed by atoms with Crippen LogP contribution in [0.2, 0.25) is 0 Å². The second-order valence-corrected chi connectivity index (χ2v) is 6.14. The summed E-state index contributed by atoms with van der Waals surface area (Å²) in [5, 5.41) is 2.77. The summed E-state index contributed by atoms with van der Waals surface area (Å²) in [5.41, 5.74) is 2.40. The molecular weight excluding hydrogens is 346 g/mol. The molecule has 27 heavy (non-hydrogen) atoms. The van der Waals surface area contributed by atoms with E-state index in [4.69, 9.17) is 4.74 Å². The zero-order valence-corrected chi connectivity index (χ0v) is 15.9. The van der Waals surface area contributed by atoms with Crippen molar-refractivity contribution in [1.82, 2.24) is 0 Å². The topological polar surface area (TPSA) is 79.0 Å². The van der Waals surface area contributed by atoms with Crippen LogP contribution >= 0.6 is 0 Å². The van der Waals surface area contributed by atoms with Crippen LogP contribution in [-0.4, -0.2) is 45.5 Å². The largest absolute Gasteiger partial charge is 0.465 e. The second-order valence-electron chi connectivity index (χ2n) is 6.14. The average Bonchev–Trinajstić information content (AvgIpc) is 2.65. The summed E-state index contributed by atoms with van der Waals surface area (Å²) in [5.74, 6) is -1.16. The Balaban J connectivity index is 2.12. The van der Waals surface area contributed by atoms with Gasteiger partial charge in [0.25, 0.3) is 0 Å². The molecule has 0 aliphatic rings. The van der Waals surface area contributed by atoms with Crippen molar-refractivity contribution in [2.24, 2.45) is 0 Å². The van der Waals surface area contributed by atoms with E-state index in [9.17, 15) is 14.4 Å². The molecule has 0 aliphatic carbocycles. The Hall–Kier alpha value is -3.35. The van der Waals surface area contributed by atoms with E-state index in [1.54, 1.807) is 30.3 Å². The number of rotatable bonds is 6. The molecule has 0 spiro atoms. The molecule has 142 valence electrons. The van der Waals surface area contributed by atoms with Crippen molar-refractivity contribution in [3.05, 3.63) is 54.1 Å². The number of carbonyl (C=O) groups is 3. The molecule has 0 aromatic heterocycles. The first-order chi connectivity index (χ1) is 12.8. The molecule has 0 atom stereocenters. The number of amides is 2. The lowest BCUT2D eigenvalue weighted by atomic mass is 10.2. The molecule has 0 aliphatic heterocycles. The van der Waals surface area contributed by atoms with Gasteiger partial charge in [-0.25, -0.2) is 4.79 Å². The Morgan fingerprint density at radius 1 is 1.00 bits per heavy atom. The van der Waals surface area contributed by atoms with Crippen molar-refractivity contribution >= 4 is 34.8 Å². The summed E-state index contributed by atoms with van der Waals surface area (Å²) >= 11 is 0. The maximum absolute atomic E-state index is 12.4. The van der Waals surface area contributed by atoms with Gasteiger partial charge in [0.1, 0.15) is 6.54 Å². The summed E-state index contributed by atoms with van der Waals surface area (Å²) in [6, 6.07) is 13.8. The van der Waals surface area contributed by atoms with Crippen LogP contribution in [0.1, 0.15) is 17.3 Å². The van der Waals surface area contributed by atoms with Crippen molar-refractivity contribution in [1.29, 1.82) is 0 Å². The lowest BCUT2D eigenvalue weighted by molar-refractivity contribution is -0.120. The third-order valence-electron chi connectivity index (χ3n) is 3.93. The average molecular weight is 369 g/mol. The molecule has 0 bridgehead atoms. The van der Waals surface area contributed by atoms with Gasteiger partial charge in [-0.2, -0.15) is 0 Å². The van der Waals surface area contributed by atoms with E-state index < -0.39 is 5.97 Å². The third-order valence-corrected chi connectivity index (χ3v) is 3.93. The van der Waals surface area contributed by atoms with Crippen LogP contribution in [0.15, 0.2) is 48.5 Å². The van der Waals surface area contributed by atoms with Gasteiger partial charge in [-0.15, -0.1) is 0 Å². The SMILES string of the molecule is COC(=O)c1cccc(N(CC(=O)Nc2ccc(N(C)C)cc2)C(C)=O)c1. The van der Waals surface area contributed by atoms with Crippen LogP contribution in [0.25, 0.3) is 0 Å². The fourth-order valence-electron chi connectivity index (χ4n) is 2.49. The number of nitrogens with zero attached hydrogens (tertiary/aromatic N) is 2. The monoisotopic (exact) mass is 369 g/mol. The van der Waals surface area contributed by atoms with E-state index in [1.165, 1.54) is 25.0 Å². The maximum Gasteiger partial charge on any atom is 0.337 e. The minimum absolute atomic E-state index is 0.171. The molecule has 0 unspecified atom stereocenters. The van der Waals surface area contributed by atoms with E-state index in [-0.39, 0.29) is 18.4 Å². The van der Waals surface area contributed by atoms with Gasteiger partial charge >= 0.3 is 5.97 Å². The first-order valence-electron chi connectivity index (χ1n) is 8.35. The summed E-state index contributed by atoms with van der Waals surface area (Å²) < 4.78 is 4.69. The van der Waals surface area contributed by atoms with Gasteiger partial charge in [0.2, 0.25) is 11.8 Å². The number of methoxy groups -OCH3 is 1. The minimum Gasteiger partial charge on any atom is -0.465 e. The van der Waals surface area contributed by atoms with Crippen LogP contribution in [0.3, 0.4) is 0 Å². The molecule has 0 radical (unpaired) electrons. The van der Waals surface area contributed by atoms with Crippen LogP contribution in [-0.2, 0) is 14.3 Å². The minimum atomic E-state index is -0.509. The van der Waals surface area contributed by atoms with Crippen molar-refractivity contribution in [2.75, 3.05) is 42.9 Å². The van der Waals surface area contributed by atoms with E-state index in [0.717, 1.165) is 5.69 Å². The zero-order chi connectivity index (χ0) is 20.0. The van der Waals surface area contributed by atoms with Crippen molar-refractivity contribution < 1.29 is 19.1 Å². The Morgan fingerprint density at radius 2 is 1.67 bits per heavy atom. The van der Waals surface area contributed by atoms with Gasteiger partial charge in [0, 0.05) is 38.1 Å². The smallest absolute Gasteiger partial charge is 0.337 e. The molecule has 2 aromatic rings.